The fraction of sp³-hybridized carbons (Fsp3) is 0.921. The zero-order valence-electron chi connectivity index (χ0n) is 55.8. The SMILES string of the molecule is CCCCCCCCCCCCCCCCCCCCCC/C=C/C(O)C(CO)NC(=O)CCCCCCCCCCCCCCCCC/C=C\CCCCCCCCCCCCCCOC(=O)CCCCCCCCCCCCCC. The average molecular weight is 1160 g/mol. The fourth-order valence-electron chi connectivity index (χ4n) is 12.0. The van der Waals surface area contributed by atoms with Crippen molar-refractivity contribution in [2.24, 2.45) is 0 Å². The van der Waals surface area contributed by atoms with Crippen LogP contribution in [0, 0.1) is 0 Å². The molecule has 0 aromatic heterocycles. The van der Waals surface area contributed by atoms with E-state index in [-0.39, 0.29) is 18.5 Å². The number of hydrogen-bond donors (Lipinski definition) is 3. The molecule has 6 nitrogen and oxygen atoms in total. The van der Waals surface area contributed by atoms with Gasteiger partial charge in [0.15, 0.2) is 0 Å². The lowest BCUT2D eigenvalue weighted by Crippen LogP contribution is -2.45. The summed E-state index contributed by atoms with van der Waals surface area (Å²) < 4.78 is 5.48. The standard InChI is InChI=1S/C76H147NO5/c1-3-5-7-9-11-13-15-17-18-19-20-21-33-36-39-42-45-48-52-56-60-64-68-74(79)73(72-78)77-75(80)69-65-61-57-53-49-46-43-40-37-34-31-29-27-25-23-22-24-26-28-30-32-35-38-41-44-47-51-55-59-63-67-71-82-76(81)70-66-62-58-54-50-16-14-12-10-8-6-4-2/h24,26,64,68,73-74,78-79H,3-23,25,27-63,65-67,69-72H2,1-2H3,(H,77,80)/b26-24-,68-64+. The minimum atomic E-state index is -0.844. The maximum Gasteiger partial charge on any atom is 0.305 e. The van der Waals surface area contributed by atoms with E-state index in [2.05, 4.69) is 31.3 Å². The molecular weight excluding hydrogens is 1010 g/mol. The lowest BCUT2D eigenvalue weighted by Gasteiger charge is -2.20. The molecule has 0 aromatic carbocycles. The summed E-state index contributed by atoms with van der Waals surface area (Å²) in [6.45, 7) is 4.95. The van der Waals surface area contributed by atoms with Crippen LogP contribution in [0.4, 0.5) is 0 Å². The lowest BCUT2D eigenvalue weighted by atomic mass is 10.0. The molecule has 0 heterocycles. The van der Waals surface area contributed by atoms with Crippen LogP contribution < -0.4 is 5.32 Å². The van der Waals surface area contributed by atoms with Gasteiger partial charge in [-0.05, 0) is 57.8 Å². The van der Waals surface area contributed by atoms with Crippen molar-refractivity contribution < 1.29 is 24.5 Å². The molecule has 0 rings (SSSR count). The normalized spacial score (nSPS) is 12.6. The number of hydrogen-bond acceptors (Lipinski definition) is 5. The summed E-state index contributed by atoms with van der Waals surface area (Å²) in [5.41, 5.74) is 0. The Hall–Kier alpha value is -1.66. The van der Waals surface area contributed by atoms with E-state index in [9.17, 15) is 19.8 Å². The Kier molecular flexibility index (Phi) is 70.4. The van der Waals surface area contributed by atoms with Crippen LogP contribution in [0.1, 0.15) is 425 Å². The number of amides is 1. The Balaban J connectivity index is 3.38. The zero-order chi connectivity index (χ0) is 59.2. The van der Waals surface area contributed by atoms with Crippen molar-refractivity contribution in [2.45, 2.75) is 437 Å². The largest absolute Gasteiger partial charge is 0.466 e. The van der Waals surface area contributed by atoms with Gasteiger partial charge in [-0.25, -0.2) is 0 Å². The quantitative estimate of drug-likeness (QED) is 0.0320. The summed E-state index contributed by atoms with van der Waals surface area (Å²) in [5.74, 6) is -0.0423. The van der Waals surface area contributed by atoms with Crippen LogP contribution in [-0.2, 0) is 14.3 Å². The van der Waals surface area contributed by atoms with Gasteiger partial charge in [0, 0.05) is 12.8 Å². The number of aliphatic hydroxyl groups excluding tert-OH is 2. The van der Waals surface area contributed by atoms with Gasteiger partial charge in [0.25, 0.3) is 0 Å². The molecule has 0 radical (unpaired) electrons. The second kappa shape index (κ2) is 71.8. The number of ether oxygens (including phenoxy) is 1. The van der Waals surface area contributed by atoms with Gasteiger partial charge in [0.05, 0.1) is 25.4 Å². The van der Waals surface area contributed by atoms with Crippen LogP contribution in [0.15, 0.2) is 24.3 Å². The van der Waals surface area contributed by atoms with Crippen LogP contribution in [0.25, 0.3) is 0 Å². The second-order valence-corrected chi connectivity index (χ2v) is 26.0. The molecule has 3 N–H and O–H groups in total. The number of carbonyl (C=O) groups is 2. The monoisotopic (exact) mass is 1150 g/mol. The zero-order valence-corrected chi connectivity index (χ0v) is 55.8. The first-order valence-electron chi connectivity index (χ1n) is 37.6. The van der Waals surface area contributed by atoms with Gasteiger partial charge in [-0.2, -0.15) is 0 Å². The highest BCUT2D eigenvalue weighted by Gasteiger charge is 2.18. The van der Waals surface area contributed by atoms with Gasteiger partial charge in [-0.15, -0.1) is 0 Å². The van der Waals surface area contributed by atoms with E-state index >= 15 is 0 Å². The number of rotatable bonds is 71. The van der Waals surface area contributed by atoms with Crippen LogP contribution in [-0.4, -0.2) is 47.4 Å². The molecule has 1 amide bonds. The molecule has 486 valence electrons. The van der Waals surface area contributed by atoms with Crippen molar-refractivity contribution in [1.82, 2.24) is 5.32 Å². The molecule has 0 bridgehead atoms. The highest BCUT2D eigenvalue weighted by atomic mass is 16.5. The number of carbonyl (C=O) groups excluding carboxylic acids is 2. The summed E-state index contributed by atoms with van der Waals surface area (Å²) in [5, 5.41) is 23.3. The Bertz CT molecular complexity index is 1280. The van der Waals surface area contributed by atoms with Crippen molar-refractivity contribution in [3.8, 4) is 0 Å². The summed E-state index contributed by atoms with van der Waals surface area (Å²) >= 11 is 0. The van der Waals surface area contributed by atoms with Gasteiger partial charge in [0.1, 0.15) is 0 Å². The summed E-state index contributed by atoms with van der Waals surface area (Å²) in [4.78, 5) is 24.6. The summed E-state index contributed by atoms with van der Waals surface area (Å²) in [6, 6.07) is -0.627. The third-order valence-corrected chi connectivity index (χ3v) is 17.7. The van der Waals surface area contributed by atoms with Gasteiger partial charge in [0.2, 0.25) is 5.91 Å². The van der Waals surface area contributed by atoms with E-state index in [0.717, 1.165) is 38.5 Å². The van der Waals surface area contributed by atoms with Crippen LogP contribution in [0.3, 0.4) is 0 Å². The first kappa shape index (κ1) is 80.3. The van der Waals surface area contributed by atoms with Crippen molar-refractivity contribution in [1.29, 1.82) is 0 Å². The van der Waals surface area contributed by atoms with E-state index in [0.29, 0.717) is 19.4 Å². The predicted octanol–water partition coefficient (Wildman–Crippen LogP) is 24.5. The van der Waals surface area contributed by atoms with Crippen LogP contribution in [0.2, 0.25) is 0 Å². The van der Waals surface area contributed by atoms with Crippen LogP contribution in [0.5, 0.6) is 0 Å². The third kappa shape index (κ3) is 67.5. The highest BCUT2D eigenvalue weighted by molar-refractivity contribution is 5.76. The number of aliphatic hydroxyl groups is 2. The van der Waals surface area contributed by atoms with Crippen molar-refractivity contribution in [3.63, 3.8) is 0 Å². The topological polar surface area (TPSA) is 95.9 Å². The van der Waals surface area contributed by atoms with E-state index in [1.165, 1.54) is 360 Å². The number of esters is 1. The predicted molar refractivity (Wildman–Crippen MR) is 361 cm³/mol. The number of allylic oxidation sites excluding steroid dienone is 3. The minimum Gasteiger partial charge on any atom is -0.466 e. The van der Waals surface area contributed by atoms with E-state index in [1.54, 1.807) is 6.08 Å². The Labute approximate surface area is 513 Å². The van der Waals surface area contributed by atoms with Crippen molar-refractivity contribution in [3.05, 3.63) is 24.3 Å². The minimum absolute atomic E-state index is 0.0189. The number of unbranched alkanes of at least 4 members (excludes halogenated alkanes) is 58. The maximum absolute atomic E-state index is 12.5. The molecule has 0 spiro atoms. The smallest absolute Gasteiger partial charge is 0.305 e. The summed E-state index contributed by atoms with van der Waals surface area (Å²) in [6.07, 6.45) is 91.4. The molecule has 0 aliphatic heterocycles. The molecule has 0 saturated heterocycles. The molecule has 0 aromatic rings. The molecule has 6 heteroatoms. The average Bonchev–Trinajstić information content (AvgIpc) is 3.48. The number of nitrogens with one attached hydrogen (secondary N) is 1. The Morgan fingerprint density at radius 1 is 0.329 bits per heavy atom. The first-order valence-corrected chi connectivity index (χ1v) is 37.6. The third-order valence-electron chi connectivity index (χ3n) is 17.7. The molecule has 0 saturated carbocycles. The molecule has 2 unspecified atom stereocenters. The lowest BCUT2D eigenvalue weighted by molar-refractivity contribution is -0.143. The Morgan fingerprint density at radius 3 is 0.866 bits per heavy atom. The van der Waals surface area contributed by atoms with Gasteiger partial charge in [-0.3, -0.25) is 9.59 Å². The fourth-order valence-corrected chi connectivity index (χ4v) is 12.0. The second-order valence-electron chi connectivity index (χ2n) is 26.0. The van der Waals surface area contributed by atoms with Crippen molar-refractivity contribution in [2.75, 3.05) is 13.2 Å². The highest BCUT2D eigenvalue weighted by Crippen LogP contribution is 2.19. The van der Waals surface area contributed by atoms with Crippen molar-refractivity contribution >= 4 is 11.9 Å². The van der Waals surface area contributed by atoms with Gasteiger partial charge >= 0.3 is 5.97 Å². The van der Waals surface area contributed by atoms with Crippen LogP contribution >= 0.6 is 0 Å². The summed E-state index contributed by atoms with van der Waals surface area (Å²) in [7, 11) is 0. The molecular formula is C76H147NO5. The first-order chi connectivity index (χ1) is 40.5. The maximum atomic E-state index is 12.5. The molecule has 2 atom stereocenters. The van der Waals surface area contributed by atoms with E-state index in [1.807, 2.05) is 6.08 Å². The van der Waals surface area contributed by atoms with Gasteiger partial charge < -0.3 is 20.3 Å². The molecule has 0 aliphatic carbocycles. The van der Waals surface area contributed by atoms with Gasteiger partial charge in [-0.1, -0.05) is 378 Å². The molecule has 0 aliphatic rings. The molecule has 0 fully saturated rings. The van der Waals surface area contributed by atoms with E-state index in [4.69, 9.17) is 4.74 Å². The molecule has 82 heavy (non-hydrogen) atoms. The van der Waals surface area contributed by atoms with E-state index < -0.39 is 12.1 Å². The Morgan fingerprint density at radius 2 is 0.573 bits per heavy atom.